The van der Waals surface area contributed by atoms with Crippen LogP contribution in [0.4, 0.5) is 0 Å². The van der Waals surface area contributed by atoms with Crippen molar-refractivity contribution in [3.8, 4) is 5.75 Å². The molecule has 0 spiro atoms. The molecule has 1 fully saturated rings. The van der Waals surface area contributed by atoms with Gasteiger partial charge in [0, 0.05) is 18.1 Å². The first-order valence-electron chi connectivity index (χ1n) is 7.19. The minimum Gasteiger partial charge on any atom is -0.508 e. The van der Waals surface area contributed by atoms with Gasteiger partial charge in [-0.2, -0.15) is 0 Å². The summed E-state index contributed by atoms with van der Waals surface area (Å²) in [7, 11) is 0. The van der Waals surface area contributed by atoms with E-state index in [1.165, 1.54) is 24.8 Å². The van der Waals surface area contributed by atoms with Gasteiger partial charge in [0.25, 0.3) is 0 Å². The Morgan fingerprint density at radius 2 is 1.72 bits per heavy atom. The zero-order valence-electron chi connectivity index (χ0n) is 11.8. The van der Waals surface area contributed by atoms with Gasteiger partial charge in [-0.15, -0.1) is 0 Å². The van der Waals surface area contributed by atoms with Crippen LogP contribution >= 0.6 is 0 Å². The van der Waals surface area contributed by atoms with Gasteiger partial charge in [-0.1, -0.05) is 25.5 Å². The molecule has 3 atom stereocenters. The molecular weight excluding hydrogens is 222 g/mol. The number of benzene rings is 1. The molecule has 0 amide bonds. The maximum Gasteiger partial charge on any atom is 0.115 e. The smallest absolute Gasteiger partial charge is 0.115 e. The molecule has 1 unspecified atom stereocenters. The molecule has 0 aliphatic carbocycles. The number of phenols is 1. The van der Waals surface area contributed by atoms with E-state index in [0.717, 1.165) is 6.42 Å². The first-order chi connectivity index (χ1) is 8.63. The average molecular weight is 247 g/mol. The van der Waals surface area contributed by atoms with Gasteiger partial charge in [0.05, 0.1) is 0 Å². The number of rotatable bonds is 3. The lowest BCUT2D eigenvalue weighted by Crippen LogP contribution is -2.45. The van der Waals surface area contributed by atoms with E-state index in [2.05, 4.69) is 37.8 Å². The van der Waals surface area contributed by atoms with Crippen molar-refractivity contribution >= 4 is 0 Å². The topological polar surface area (TPSA) is 23.5 Å². The molecule has 1 aromatic rings. The monoisotopic (exact) mass is 247 g/mol. The van der Waals surface area contributed by atoms with E-state index in [9.17, 15) is 5.11 Å². The normalized spacial score (nSPS) is 27.1. The second-order valence-electron chi connectivity index (χ2n) is 5.59. The number of aromatic hydroxyl groups is 1. The molecule has 1 saturated heterocycles. The molecule has 1 heterocycles. The Hall–Kier alpha value is -1.02. The lowest BCUT2D eigenvalue weighted by molar-refractivity contribution is 0.0522. The third-order valence-corrected chi connectivity index (χ3v) is 4.29. The van der Waals surface area contributed by atoms with Crippen molar-refractivity contribution in [2.75, 3.05) is 0 Å². The van der Waals surface area contributed by atoms with E-state index >= 15 is 0 Å². The summed E-state index contributed by atoms with van der Waals surface area (Å²) in [6.07, 6.45) is 5.09. The first kappa shape index (κ1) is 13.4. The van der Waals surface area contributed by atoms with Crippen LogP contribution in [0.5, 0.6) is 5.75 Å². The zero-order chi connectivity index (χ0) is 13.1. The summed E-state index contributed by atoms with van der Waals surface area (Å²) in [6, 6.07) is 9.54. The summed E-state index contributed by atoms with van der Waals surface area (Å²) in [5, 5.41) is 9.41. The van der Waals surface area contributed by atoms with Crippen molar-refractivity contribution in [2.45, 2.75) is 64.6 Å². The van der Waals surface area contributed by atoms with Gasteiger partial charge in [0.2, 0.25) is 0 Å². The van der Waals surface area contributed by atoms with E-state index < -0.39 is 0 Å². The van der Waals surface area contributed by atoms with Crippen molar-refractivity contribution < 1.29 is 5.11 Å². The summed E-state index contributed by atoms with van der Waals surface area (Å²) in [6.45, 7) is 6.95. The average Bonchev–Trinajstić information content (AvgIpc) is 2.35. The Balaban J connectivity index is 2.23. The molecule has 18 heavy (non-hydrogen) atoms. The van der Waals surface area contributed by atoms with Crippen molar-refractivity contribution in [3.05, 3.63) is 29.8 Å². The molecule has 1 aliphatic rings. The van der Waals surface area contributed by atoms with Crippen molar-refractivity contribution in [1.29, 1.82) is 0 Å². The molecule has 100 valence electrons. The summed E-state index contributed by atoms with van der Waals surface area (Å²) in [5.74, 6) is 0.355. The van der Waals surface area contributed by atoms with E-state index in [-0.39, 0.29) is 0 Å². The minimum absolute atomic E-state index is 0.355. The molecule has 2 nitrogen and oxygen atoms in total. The summed E-state index contributed by atoms with van der Waals surface area (Å²) >= 11 is 0. The molecular formula is C16H25NO. The predicted molar refractivity (Wildman–Crippen MR) is 75.8 cm³/mol. The molecule has 0 radical (unpaired) electrons. The van der Waals surface area contributed by atoms with E-state index in [1.54, 1.807) is 12.1 Å². The van der Waals surface area contributed by atoms with Crippen LogP contribution in [0.3, 0.4) is 0 Å². The van der Waals surface area contributed by atoms with E-state index in [1.807, 2.05) is 0 Å². The van der Waals surface area contributed by atoms with Crippen molar-refractivity contribution in [1.82, 2.24) is 4.90 Å². The van der Waals surface area contributed by atoms with Gasteiger partial charge in [-0.05, 0) is 50.8 Å². The van der Waals surface area contributed by atoms with Crippen molar-refractivity contribution in [3.63, 3.8) is 0 Å². The highest BCUT2D eigenvalue weighted by atomic mass is 16.3. The number of likely N-dealkylation sites (tertiary alicyclic amines) is 1. The van der Waals surface area contributed by atoms with Gasteiger partial charge in [-0.3, -0.25) is 4.90 Å². The number of nitrogens with zero attached hydrogens (tertiary/aromatic N) is 1. The Bertz CT molecular complexity index is 363. The highest BCUT2D eigenvalue weighted by molar-refractivity contribution is 5.28. The van der Waals surface area contributed by atoms with Crippen LogP contribution in [-0.2, 0) is 0 Å². The van der Waals surface area contributed by atoms with Gasteiger partial charge in [0.1, 0.15) is 5.75 Å². The zero-order valence-corrected chi connectivity index (χ0v) is 11.8. The molecule has 0 saturated carbocycles. The largest absolute Gasteiger partial charge is 0.508 e. The first-order valence-corrected chi connectivity index (χ1v) is 7.19. The second-order valence-corrected chi connectivity index (χ2v) is 5.59. The maximum atomic E-state index is 9.41. The van der Waals surface area contributed by atoms with Crippen LogP contribution in [0.15, 0.2) is 24.3 Å². The SMILES string of the molecule is CCC(c1ccc(O)cc1)N1[C@H](C)CCC[C@@H]1C. The number of phenolic OH excluding ortho intramolecular Hbond substituents is 1. The van der Waals surface area contributed by atoms with Gasteiger partial charge >= 0.3 is 0 Å². The van der Waals surface area contributed by atoms with Crippen LogP contribution in [0.2, 0.25) is 0 Å². The molecule has 1 aliphatic heterocycles. The van der Waals surface area contributed by atoms with E-state index in [4.69, 9.17) is 0 Å². The van der Waals surface area contributed by atoms with Crippen molar-refractivity contribution in [2.24, 2.45) is 0 Å². The summed E-state index contributed by atoms with van der Waals surface area (Å²) in [4.78, 5) is 2.66. The standard InChI is InChI=1S/C16H25NO/c1-4-16(14-8-10-15(18)11-9-14)17-12(2)6-5-7-13(17)3/h8-13,16,18H,4-7H2,1-3H3/t12-,13+,16?. The Morgan fingerprint density at radius 3 is 2.22 bits per heavy atom. The Kier molecular flexibility index (Phi) is 4.28. The molecule has 2 heteroatoms. The molecule has 1 N–H and O–H groups in total. The number of piperidine rings is 1. The van der Waals surface area contributed by atoms with Gasteiger partial charge < -0.3 is 5.11 Å². The predicted octanol–water partition coefficient (Wildman–Crippen LogP) is 4.11. The Labute approximate surface area is 111 Å². The maximum absolute atomic E-state index is 9.41. The van der Waals surface area contributed by atoms with Gasteiger partial charge in [-0.25, -0.2) is 0 Å². The highest BCUT2D eigenvalue weighted by Crippen LogP contribution is 2.34. The third kappa shape index (κ3) is 2.69. The third-order valence-electron chi connectivity index (χ3n) is 4.29. The molecule has 0 aromatic heterocycles. The minimum atomic E-state index is 0.355. The summed E-state index contributed by atoms with van der Waals surface area (Å²) < 4.78 is 0. The molecule has 1 aromatic carbocycles. The fourth-order valence-corrected chi connectivity index (χ4v) is 3.37. The van der Waals surface area contributed by atoms with Crippen LogP contribution in [0.25, 0.3) is 0 Å². The molecule has 0 bridgehead atoms. The lowest BCUT2D eigenvalue weighted by atomic mass is 9.91. The quantitative estimate of drug-likeness (QED) is 0.869. The number of hydrogen-bond donors (Lipinski definition) is 1. The van der Waals surface area contributed by atoms with E-state index in [0.29, 0.717) is 23.9 Å². The summed E-state index contributed by atoms with van der Waals surface area (Å²) in [5.41, 5.74) is 1.33. The fourth-order valence-electron chi connectivity index (χ4n) is 3.37. The van der Waals surface area contributed by atoms with Crippen LogP contribution < -0.4 is 0 Å². The highest BCUT2D eigenvalue weighted by Gasteiger charge is 2.30. The Morgan fingerprint density at radius 1 is 1.17 bits per heavy atom. The molecule has 2 rings (SSSR count). The second kappa shape index (κ2) is 5.75. The fraction of sp³-hybridized carbons (Fsp3) is 0.625. The van der Waals surface area contributed by atoms with Crippen LogP contribution in [0.1, 0.15) is 58.1 Å². The number of hydrogen-bond acceptors (Lipinski definition) is 2. The van der Waals surface area contributed by atoms with Crippen LogP contribution in [0, 0.1) is 0 Å². The van der Waals surface area contributed by atoms with Crippen LogP contribution in [-0.4, -0.2) is 22.1 Å². The van der Waals surface area contributed by atoms with Gasteiger partial charge in [0.15, 0.2) is 0 Å². The lowest BCUT2D eigenvalue weighted by Gasteiger charge is -2.44.